The first-order chi connectivity index (χ1) is 4.83. The molecule has 0 radical (unpaired) electrons. The topological polar surface area (TPSA) is 104 Å². The third kappa shape index (κ3) is 4.27. The summed E-state index contributed by atoms with van der Waals surface area (Å²) in [6, 6.07) is 0. The third-order valence-corrected chi connectivity index (χ3v) is 3.59. The molecule has 0 aliphatic heterocycles. The summed E-state index contributed by atoms with van der Waals surface area (Å²) in [7, 11) is -5.70. The summed E-state index contributed by atoms with van der Waals surface area (Å²) < 4.78 is 47.0. The molecular weight excluding hydrogens is 194 g/mol. The first-order valence-corrected chi connectivity index (χ1v) is 5.45. The quantitative estimate of drug-likeness (QED) is 0.470. The Balaban J connectivity index is 4.54. The molecule has 11 heavy (non-hydrogen) atoms. The lowest BCUT2D eigenvalue weighted by Crippen LogP contribution is -2.43. The largest absolute Gasteiger partial charge is 0.290 e. The summed E-state index contributed by atoms with van der Waals surface area (Å²) >= 11 is 0. The number of rotatable bonds is 4. The summed E-state index contributed by atoms with van der Waals surface area (Å²) in [5.74, 6) is 0. The van der Waals surface area contributed by atoms with Crippen molar-refractivity contribution in [3.63, 3.8) is 0 Å². The van der Waals surface area contributed by atoms with Crippen LogP contribution in [0, 0.1) is 0 Å². The van der Waals surface area contributed by atoms with Gasteiger partial charge in [-0.2, -0.15) is 16.8 Å². The fraction of sp³-hybridized carbons (Fsp3) is 1.00. The van der Waals surface area contributed by atoms with Gasteiger partial charge >= 0.3 is 0 Å². The monoisotopic (exact) mass is 203 g/mol. The maximum atomic E-state index is 10.5. The molecule has 0 amide bonds. The molecule has 0 aliphatic carbocycles. The van der Waals surface area contributed by atoms with Crippen LogP contribution in [0.2, 0.25) is 0 Å². The number of hydrogen-bond donors (Lipinski definition) is 3. The Morgan fingerprint density at radius 1 is 0.818 bits per heavy atom. The fourth-order valence-corrected chi connectivity index (χ4v) is 2.05. The average Bonchev–Trinajstić information content (AvgIpc) is 1.86. The Hall–Kier alpha value is -0.220. The van der Waals surface area contributed by atoms with Crippen molar-refractivity contribution in [2.45, 2.75) is 0 Å². The number of hydrogen-bond acceptors (Lipinski definition) is 4. The lowest BCUT2D eigenvalue weighted by atomic mass is 11.6. The highest BCUT2D eigenvalue weighted by atomic mass is 32.3. The summed E-state index contributed by atoms with van der Waals surface area (Å²) in [5, 5.41) is 0. The summed E-state index contributed by atoms with van der Waals surface area (Å²) in [6.45, 7) is 0. The van der Waals surface area contributed by atoms with E-state index in [9.17, 15) is 16.8 Å². The highest BCUT2D eigenvalue weighted by Gasteiger charge is 2.15. The van der Waals surface area contributed by atoms with E-state index in [-0.39, 0.29) is 0 Å². The van der Waals surface area contributed by atoms with Gasteiger partial charge in [0.25, 0.3) is 20.4 Å². The molecule has 0 aliphatic rings. The van der Waals surface area contributed by atoms with Crippen molar-refractivity contribution in [1.29, 1.82) is 0 Å². The molecule has 0 saturated heterocycles. The van der Waals surface area contributed by atoms with Gasteiger partial charge in [-0.05, 0) is 0 Å². The predicted molar refractivity (Wildman–Crippen MR) is 39.1 cm³/mol. The molecular formula is C2H9N3O4S2. The molecule has 0 heterocycles. The molecule has 0 atom stereocenters. The van der Waals surface area contributed by atoms with Crippen LogP contribution in [0.3, 0.4) is 0 Å². The van der Waals surface area contributed by atoms with Crippen LogP contribution in [-0.4, -0.2) is 30.9 Å². The van der Waals surface area contributed by atoms with Gasteiger partial charge in [0.05, 0.1) is 0 Å². The first kappa shape index (κ1) is 10.8. The second-order valence-corrected chi connectivity index (χ2v) is 5.00. The van der Waals surface area contributed by atoms with E-state index in [4.69, 9.17) is 0 Å². The number of nitrogens with one attached hydrogen (secondary N) is 3. The zero-order chi connectivity index (χ0) is 9.12. The van der Waals surface area contributed by atoms with Crippen molar-refractivity contribution >= 4 is 20.4 Å². The molecule has 68 valence electrons. The van der Waals surface area contributed by atoms with E-state index in [0.717, 1.165) is 14.1 Å². The molecule has 0 saturated carbocycles. The van der Waals surface area contributed by atoms with Gasteiger partial charge in [0.1, 0.15) is 0 Å². The minimum atomic E-state index is -3.94. The third-order valence-electron chi connectivity index (χ3n) is 0.757. The van der Waals surface area contributed by atoms with Gasteiger partial charge in [-0.15, -0.1) is 0 Å². The second kappa shape index (κ2) is 3.45. The molecule has 0 rings (SSSR count). The van der Waals surface area contributed by atoms with E-state index < -0.39 is 20.4 Å². The molecule has 3 N–H and O–H groups in total. The Labute approximate surface area is 65.5 Å². The van der Waals surface area contributed by atoms with Crippen molar-refractivity contribution in [2.24, 2.45) is 0 Å². The molecule has 0 bridgehead atoms. The summed E-state index contributed by atoms with van der Waals surface area (Å²) in [6.07, 6.45) is 0. The molecule has 0 aromatic carbocycles. The molecule has 7 nitrogen and oxygen atoms in total. The second-order valence-electron chi connectivity index (χ2n) is 1.50. The van der Waals surface area contributed by atoms with Gasteiger partial charge in [0.15, 0.2) is 0 Å². The zero-order valence-electron chi connectivity index (χ0n) is 5.95. The Morgan fingerprint density at radius 2 is 1.09 bits per heavy atom. The molecule has 0 spiro atoms. The van der Waals surface area contributed by atoms with E-state index in [1.54, 1.807) is 9.44 Å². The van der Waals surface area contributed by atoms with Crippen molar-refractivity contribution in [3.05, 3.63) is 0 Å². The molecule has 0 aromatic rings. The lowest BCUT2D eigenvalue weighted by molar-refractivity contribution is 0.568. The normalized spacial score (nSPS) is 13.3. The first-order valence-electron chi connectivity index (χ1n) is 2.48. The Bertz CT molecular complexity index is 270. The van der Waals surface area contributed by atoms with Crippen LogP contribution < -0.4 is 13.6 Å². The van der Waals surface area contributed by atoms with Gasteiger partial charge in [0, 0.05) is 14.1 Å². The van der Waals surface area contributed by atoms with Crippen molar-refractivity contribution in [2.75, 3.05) is 14.1 Å². The highest BCUT2D eigenvalue weighted by Crippen LogP contribution is 1.78. The van der Waals surface area contributed by atoms with Gasteiger partial charge in [-0.1, -0.05) is 4.13 Å². The van der Waals surface area contributed by atoms with Crippen LogP contribution in [0.4, 0.5) is 0 Å². The van der Waals surface area contributed by atoms with Crippen LogP contribution in [0.1, 0.15) is 0 Å². The summed E-state index contributed by atoms with van der Waals surface area (Å²) in [4.78, 5) is 0. The van der Waals surface area contributed by atoms with Gasteiger partial charge in [0.2, 0.25) is 0 Å². The summed E-state index contributed by atoms with van der Waals surface area (Å²) in [5.41, 5.74) is 0. The van der Waals surface area contributed by atoms with Crippen molar-refractivity contribution in [3.8, 4) is 0 Å². The van der Waals surface area contributed by atoms with Crippen LogP contribution in [-0.2, 0) is 20.4 Å². The van der Waals surface area contributed by atoms with E-state index in [1.165, 1.54) is 4.13 Å². The van der Waals surface area contributed by atoms with Gasteiger partial charge < -0.3 is 0 Å². The highest BCUT2D eigenvalue weighted by molar-refractivity contribution is 8.02. The lowest BCUT2D eigenvalue weighted by Gasteiger charge is -2.03. The van der Waals surface area contributed by atoms with Gasteiger partial charge in [-0.3, -0.25) is 0 Å². The van der Waals surface area contributed by atoms with Crippen LogP contribution >= 0.6 is 0 Å². The van der Waals surface area contributed by atoms with Crippen LogP contribution in [0.25, 0.3) is 0 Å². The van der Waals surface area contributed by atoms with E-state index in [0.29, 0.717) is 0 Å². The van der Waals surface area contributed by atoms with E-state index >= 15 is 0 Å². The standard InChI is InChI=1S/C2H9N3O4S2/c1-3-10(6,7)5-11(8,9)4-2/h3-5H,1-2H3. The van der Waals surface area contributed by atoms with Crippen molar-refractivity contribution in [1.82, 2.24) is 13.6 Å². The van der Waals surface area contributed by atoms with Crippen LogP contribution in [0.5, 0.6) is 0 Å². The minimum absolute atomic E-state index is 1.09. The van der Waals surface area contributed by atoms with Crippen molar-refractivity contribution < 1.29 is 16.8 Å². The Morgan fingerprint density at radius 3 is 1.27 bits per heavy atom. The van der Waals surface area contributed by atoms with E-state index in [1.807, 2.05) is 0 Å². The van der Waals surface area contributed by atoms with E-state index in [2.05, 4.69) is 0 Å². The maximum absolute atomic E-state index is 10.5. The maximum Gasteiger partial charge on any atom is 0.290 e. The Kier molecular flexibility index (Phi) is 3.38. The van der Waals surface area contributed by atoms with Gasteiger partial charge in [-0.25, -0.2) is 9.44 Å². The SMILES string of the molecule is CNS(=O)(=O)NS(=O)(=O)NC. The smallest absolute Gasteiger partial charge is 0.205 e. The minimum Gasteiger partial charge on any atom is -0.205 e. The zero-order valence-corrected chi connectivity index (χ0v) is 7.58. The fourth-order valence-electron chi connectivity index (χ4n) is 0.228. The average molecular weight is 203 g/mol. The predicted octanol–water partition coefficient (Wildman–Crippen LogP) is -2.50. The molecule has 0 aromatic heterocycles. The van der Waals surface area contributed by atoms with Crippen LogP contribution in [0.15, 0.2) is 0 Å². The molecule has 0 fully saturated rings. The molecule has 9 heteroatoms. The molecule has 0 unspecified atom stereocenters.